The van der Waals surface area contributed by atoms with E-state index in [9.17, 15) is 34.2 Å². The number of ketones is 1. The van der Waals surface area contributed by atoms with Gasteiger partial charge in [-0.15, -0.1) is 0 Å². The molecule has 372 valence electrons. The van der Waals surface area contributed by atoms with E-state index in [-0.39, 0.29) is 29.1 Å². The number of benzene rings is 1. The molecule has 25 heteroatoms. The Morgan fingerprint density at radius 2 is 1.48 bits per heavy atom. The predicted molar refractivity (Wildman–Crippen MR) is 235 cm³/mol. The summed E-state index contributed by atoms with van der Waals surface area (Å²) in [4.78, 5) is 92.9. The molecule has 4 aliphatic carbocycles. The van der Waals surface area contributed by atoms with Crippen LogP contribution in [0.2, 0.25) is 0 Å². The number of alkyl halides is 6. The Labute approximate surface area is 413 Å². The summed E-state index contributed by atoms with van der Waals surface area (Å²) in [6.45, 7) is 4.33. The predicted octanol–water partition coefficient (Wildman–Crippen LogP) is 5.49. The normalized spacial score (nSPS) is 31.7. The van der Waals surface area contributed by atoms with Gasteiger partial charge in [0.2, 0.25) is 7.59 Å². The van der Waals surface area contributed by atoms with Crippen LogP contribution in [0.5, 0.6) is 0 Å². The van der Waals surface area contributed by atoms with Crippen LogP contribution < -0.4 is 5.73 Å². The van der Waals surface area contributed by atoms with Gasteiger partial charge in [-0.3, -0.25) is 14.4 Å². The van der Waals surface area contributed by atoms with Gasteiger partial charge in [0.1, 0.15) is 43.2 Å². The highest BCUT2D eigenvalue weighted by molar-refractivity contribution is 6.68. The zero-order valence-electron chi connectivity index (χ0n) is 36.4. The average Bonchev–Trinajstić information content (AvgIpc) is 4.08. The van der Waals surface area contributed by atoms with Gasteiger partial charge in [-0.1, -0.05) is 102 Å². The molecule has 1 aromatic rings. The topological polar surface area (TPSA) is 280 Å². The first-order valence-electron chi connectivity index (χ1n) is 20.6. The number of esters is 3. The Hall–Kier alpha value is -3.37. The van der Waals surface area contributed by atoms with Crippen LogP contribution in [0.3, 0.4) is 0 Å². The van der Waals surface area contributed by atoms with E-state index in [1.54, 1.807) is 18.2 Å². The summed E-state index contributed by atoms with van der Waals surface area (Å²) in [5.74, 6) is -6.12. The van der Waals surface area contributed by atoms with Crippen molar-refractivity contribution in [3.8, 4) is 0 Å². The molecule has 1 aliphatic heterocycles. The van der Waals surface area contributed by atoms with E-state index in [0.717, 1.165) is 6.92 Å². The lowest BCUT2D eigenvalue weighted by Crippen LogP contribution is -2.82. The van der Waals surface area contributed by atoms with Crippen LogP contribution >= 0.6 is 69.6 Å². The Morgan fingerprint density at radius 3 is 1.97 bits per heavy atom. The van der Waals surface area contributed by atoms with Crippen molar-refractivity contribution < 1.29 is 86.8 Å². The maximum atomic E-state index is 16.0. The summed E-state index contributed by atoms with van der Waals surface area (Å²) in [6, 6.07) is 6.58. The molecule has 5 N–H and O–H groups in total. The van der Waals surface area contributed by atoms with E-state index in [1.807, 2.05) is 0 Å². The van der Waals surface area contributed by atoms with Gasteiger partial charge in [-0.2, -0.15) is 0 Å². The molecule has 0 spiro atoms. The minimum atomic E-state index is -2.54. The molecule has 4 fully saturated rings. The number of Topliss-reactive ketones (excluding diaryl/α,β-unsaturated/α-hetero) is 1. The monoisotopic (exact) mass is 1070 g/mol. The molecule has 1 saturated heterocycles. The summed E-state index contributed by atoms with van der Waals surface area (Å²) >= 11 is 35.1. The van der Waals surface area contributed by atoms with Crippen LogP contribution in [-0.2, 0) is 57.1 Å². The first kappa shape index (κ1) is 54.6. The van der Waals surface area contributed by atoms with Gasteiger partial charge in [0, 0.05) is 31.2 Å². The largest absolute Gasteiger partial charge is 0.509 e. The number of halogens is 6. The fourth-order valence-electron chi connectivity index (χ4n) is 9.67. The second-order valence-electron chi connectivity index (χ2n) is 17.6. The highest BCUT2D eigenvalue weighted by atomic mass is 35.6. The van der Waals surface area contributed by atoms with Crippen molar-refractivity contribution in [2.75, 3.05) is 19.8 Å². The molecule has 19 nitrogen and oxygen atoms in total. The van der Waals surface area contributed by atoms with Crippen molar-refractivity contribution in [2.45, 2.75) is 122 Å². The SMILES string of the molecule is CC(=O)O[C@@]12CO[C@@H]1C[C@H](OC(=O)OCC(Cl)(Cl)Cl)[C@@]1(C)C(=O)[C@H](OC(=O)OCC(Cl)(Cl)Cl)C3=C(C)[C@@H](OC(=O)C(O)C(N)C4CC4)C[C@@](O)([C@@H](OC(=O)c4ccccc4)[C@H]21)C3(C)C.O=CO. The van der Waals surface area contributed by atoms with E-state index < -0.39 is 147 Å². The van der Waals surface area contributed by atoms with Crippen molar-refractivity contribution >= 4 is 112 Å². The van der Waals surface area contributed by atoms with Crippen LogP contribution in [0.15, 0.2) is 41.5 Å². The molecule has 2 bridgehead atoms. The maximum absolute atomic E-state index is 16.0. The number of rotatable bonds is 11. The first-order chi connectivity index (χ1) is 31.0. The lowest BCUT2D eigenvalue weighted by molar-refractivity contribution is -0.346. The zero-order chi connectivity index (χ0) is 50.2. The van der Waals surface area contributed by atoms with Crippen LogP contribution in [0.1, 0.15) is 70.7 Å². The molecular formula is C42H49Cl6NO18. The Kier molecular flexibility index (Phi) is 16.7. The molecule has 2 unspecified atom stereocenters. The number of fused-ring (bicyclic) bond motifs is 5. The number of aliphatic hydroxyl groups excluding tert-OH is 1. The molecule has 1 aromatic carbocycles. The second-order valence-corrected chi connectivity index (χ2v) is 22.6. The first-order valence-corrected chi connectivity index (χ1v) is 22.8. The minimum absolute atomic E-state index is 0.0124. The number of nitrogens with two attached hydrogens (primary N) is 1. The number of hydrogen-bond donors (Lipinski definition) is 4. The van der Waals surface area contributed by atoms with Gasteiger partial charge < -0.3 is 58.9 Å². The van der Waals surface area contributed by atoms with E-state index >= 15 is 4.79 Å². The van der Waals surface area contributed by atoms with Crippen molar-refractivity contribution in [3.63, 3.8) is 0 Å². The summed E-state index contributed by atoms with van der Waals surface area (Å²) < 4.78 is 42.0. The molecule has 0 radical (unpaired) electrons. The van der Waals surface area contributed by atoms with Crippen LogP contribution in [-0.4, -0.2) is 139 Å². The van der Waals surface area contributed by atoms with Gasteiger partial charge in [0.05, 0.1) is 23.5 Å². The smallest absolute Gasteiger partial charge is 0.483 e. The third-order valence-electron chi connectivity index (χ3n) is 13.1. The van der Waals surface area contributed by atoms with Crippen LogP contribution in [0.25, 0.3) is 0 Å². The Morgan fingerprint density at radius 1 is 0.925 bits per heavy atom. The molecule has 0 aromatic heterocycles. The summed E-state index contributed by atoms with van der Waals surface area (Å²) in [6.07, 6.45) is -13.1. The standard InChI is InChI=1S/C41H47Cl6NO16.CH2O2/c1-18-22(60-33(53)27(50)26(48)20-11-12-20)14-39(56)31(63-32(52)21-9-7-6-8-10-21)29-37(5,30(51)28(25(18)36(39,3)4)62-35(55)59-17-41(45,46)47)23(61-34(54)58-16-40(42,43)44)13-24-38(29,15-57-24)64-19(2)49;2-1-3/h6-10,20,22-24,26-29,31,50,56H,11-17,48H2,1-5H3;1H,(H,2,3)/t22-,23-,24+,26?,27?,28+,29-,31-,37+,38-,39+;/m0./s1. The van der Waals surface area contributed by atoms with Gasteiger partial charge in [-0.05, 0) is 55.9 Å². The molecule has 67 heavy (non-hydrogen) atoms. The second kappa shape index (κ2) is 20.5. The minimum Gasteiger partial charge on any atom is -0.483 e. The molecule has 5 aliphatic rings. The molecule has 1 heterocycles. The number of aliphatic hydroxyl groups is 2. The molecule has 6 rings (SSSR count). The third-order valence-corrected chi connectivity index (χ3v) is 13.7. The van der Waals surface area contributed by atoms with Crippen molar-refractivity contribution in [1.29, 1.82) is 0 Å². The average molecular weight is 1070 g/mol. The fourth-order valence-corrected chi connectivity index (χ4v) is 10.00. The number of carbonyl (C=O) groups is 7. The van der Waals surface area contributed by atoms with Crippen molar-refractivity contribution in [1.82, 2.24) is 0 Å². The zero-order valence-corrected chi connectivity index (χ0v) is 41.0. The highest BCUT2D eigenvalue weighted by Crippen LogP contribution is 2.65. The number of carboxylic acid groups (broad SMARTS) is 1. The summed E-state index contributed by atoms with van der Waals surface area (Å²) in [7, 11) is 0. The van der Waals surface area contributed by atoms with E-state index in [0.29, 0.717) is 12.8 Å². The molecular weight excluding hydrogens is 1020 g/mol. The van der Waals surface area contributed by atoms with Crippen LogP contribution in [0.4, 0.5) is 9.59 Å². The number of hydrogen-bond acceptors (Lipinski definition) is 18. The van der Waals surface area contributed by atoms with E-state index in [1.165, 1.54) is 39.8 Å². The third kappa shape index (κ3) is 11.3. The van der Waals surface area contributed by atoms with E-state index in [4.69, 9.17) is 123 Å². The fraction of sp³-hybridized carbons (Fsp3) is 0.643. The number of ether oxygens (including phenoxy) is 8. The van der Waals surface area contributed by atoms with Gasteiger partial charge in [0.25, 0.3) is 6.47 Å². The lowest BCUT2D eigenvalue weighted by atomic mass is 9.44. The lowest BCUT2D eigenvalue weighted by Gasteiger charge is -2.67. The molecule has 0 amide bonds. The van der Waals surface area contributed by atoms with Gasteiger partial charge in [-0.25, -0.2) is 19.2 Å². The summed E-state index contributed by atoms with van der Waals surface area (Å²) in [5.41, 5.74) is -2.66. The van der Waals surface area contributed by atoms with Crippen LogP contribution in [0, 0.1) is 22.7 Å². The van der Waals surface area contributed by atoms with Gasteiger partial charge in [0.15, 0.2) is 23.6 Å². The molecule has 3 saturated carbocycles. The Balaban J connectivity index is 0.00000273. The number of carbonyl (C=O) groups excluding carboxylic acids is 6. The summed E-state index contributed by atoms with van der Waals surface area (Å²) in [5, 5.41) is 31.7. The highest BCUT2D eigenvalue weighted by Gasteiger charge is 2.79. The van der Waals surface area contributed by atoms with Crippen molar-refractivity contribution in [3.05, 3.63) is 47.0 Å². The molecule has 11 atom stereocenters. The Bertz CT molecular complexity index is 2110. The van der Waals surface area contributed by atoms with Crippen molar-refractivity contribution in [2.24, 2.45) is 28.4 Å². The quantitative estimate of drug-likeness (QED) is 0.0700. The van der Waals surface area contributed by atoms with Gasteiger partial charge >= 0.3 is 30.2 Å². The maximum Gasteiger partial charge on any atom is 0.509 e. The van der Waals surface area contributed by atoms with E-state index in [2.05, 4.69) is 0 Å².